The third-order valence-corrected chi connectivity index (χ3v) is 5.25. The first-order valence-corrected chi connectivity index (χ1v) is 8.71. The van der Waals surface area contributed by atoms with Gasteiger partial charge in [0.1, 0.15) is 0 Å². The molecule has 0 aliphatic rings. The van der Waals surface area contributed by atoms with Crippen molar-refractivity contribution in [2.75, 3.05) is 12.3 Å². The van der Waals surface area contributed by atoms with Gasteiger partial charge in [0, 0.05) is 6.54 Å². The molecule has 0 atom stereocenters. The van der Waals surface area contributed by atoms with E-state index in [4.69, 9.17) is 5.73 Å². The zero-order valence-corrected chi connectivity index (χ0v) is 13.2. The summed E-state index contributed by atoms with van der Waals surface area (Å²) in [4.78, 5) is 0. The van der Waals surface area contributed by atoms with Gasteiger partial charge >= 0.3 is 0 Å². The lowest BCUT2D eigenvalue weighted by molar-refractivity contribution is 0.583. The maximum atomic E-state index is 12.0. The van der Waals surface area contributed by atoms with Crippen LogP contribution in [-0.2, 0) is 28.6 Å². The molecule has 7 heteroatoms. The van der Waals surface area contributed by atoms with Crippen molar-refractivity contribution in [3.63, 3.8) is 0 Å². The van der Waals surface area contributed by atoms with Gasteiger partial charge in [0.25, 0.3) is 0 Å². The second-order valence-electron chi connectivity index (χ2n) is 4.11. The Bertz CT molecular complexity index is 497. The lowest BCUT2D eigenvalue weighted by Crippen LogP contribution is -2.16. The van der Waals surface area contributed by atoms with Crippen molar-refractivity contribution in [2.24, 2.45) is 5.73 Å². The van der Waals surface area contributed by atoms with Crippen LogP contribution in [0.5, 0.6) is 0 Å². The van der Waals surface area contributed by atoms with Gasteiger partial charge in [-0.15, -0.1) is 0 Å². The Morgan fingerprint density at radius 1 is 1.39 bits per heavy atom. The van der Waals surface area contributed by atoms with Crippen LogP contribution in [0.1, 0.15) is 31.7 Å². The molecule has 5 nitrogen and oxygen atoms in total. The number of aromatic nitrogens is 2. The van der Waals surface area contributed by atoms with E-state index in [1.807, 2.05) is 13.8 Å². The number of nitrogens with zero attached hydrogens (tertiary/aromatic N) is 2. The minimum atomic E-state index is -3.12. The maximum Gasteiger partial charge on any atom is 0.156 e. The molecule has 1 aromatic heterocycles. The molecule has 0 spiro atoms. The number of sulfone groups is 1. The fourth-order valence-electron chi connectivity index (χ4n) is 1.74. The minimum Gasteiger partial charge on any atom is -0.330 e. The monoisotopic (exact) mass is 337 g/mol. The zero-order valence-electron chi connectivity index (χ0n) is 10.8. The minimum absolute atomic E-state index is 0.0222. The molecular formula is C11H20BrN3O2S. The Morgan fingerprint density at radius 3 is 2.56 bits per heavy atom. The Morgan fingerprint density at radius 2 is 2.06 bits per heavy atom. The van der Waals surface area contributed by atoms with Crippen LogP contribution in [0.3, 0.4) is 0 Å². The molecule has 1 rings (SSSR count). The highest BCUT2D eigenvalue weighted by Gasteiger charge is 2.20. The van der Waals surface area contributed by atoms with Gasteiger partial charge in [-0.25, -0.2) is 8.42 Å². The number of halogens is 1. The van der Waals surface area contributed by atoms with Crippen LogP contribution >= 0.6 is 15.9 Å². The smallest absolute Gasteiger partial charge is 0.156 e. The zero-order chi connectivity index (χ0) is 13.8. The van der Waals surface area contributed by atoms with Gasteiger partial charge in [0.15, 0.2) is 9.84 Å². The van der Waals surface area contributed by atoms with Gasteiger partial charge in [0.2, 0.25) is 0 Å². The van der Waals surface area contributed by atoms with Crippen LogP contribution in [0.25, 0.3) is 0 Å². The molecule has 1 aromatic rings. The molecule has 0 saturated carbocycles. The lowest BCUT2D eigenvalue weighted by atomic mass is 10.3. The summed E-state index contributed by atoms with van der Waals surface area (Å²) in [7, 11) is -3.12. The van der Waals surface area contributed by atoms with Gasteiger partial charge < -0.3 is 5.73 Å². The van der Waals surface area contributed by atoms with E-state index in [9.17, 15) is 8.42 Å². The first-order chi connectivity index (χ1) is 8.45. The summed E-state index contributed by atoms with van der Waals surface area (Å²) in [6.45, 7) is 5.02. The summed E-state index contributed by atoms with van der Waals surface area (Å²) in [6.07, 6.45) is 1.28. The molecule has 2 N–H and O–H groups in total. The maximum absolute atomic E-state index is 12.0. The van der Waals surface area contributed by atoms with Crippen molar-refractivity contribution in [2.45, 2.75) is 39.0 Å². The number of aryl methyl sites for hydroxylation is 2. The molecule has 0 aromatic carbocycles. The molecule has 18 heavy (non-hydrogen) atoms. The third kappa shape index (κ3) is 3.80. The van der Waals surface area contributed by atoms with Crippen LogP contribution in [0.4, 0.5) is 0 Å². The summed E-state index contributed by atoms with van der Waals surface area (Å²) in [5, 5.41) is 4.39. The van der Waals surface area contributed by atoms with Crippen LogP contribution in [0.15, 0.2) is 4.47 Å². The first kappa shape index (κ1) is 15.7. The van der Waals surface area contributed by atoms with Crippen molar-refractivity contribution >= 4 is 25.8 Å². The van der Waals surface area contributed by atoms with Crippen molar-refractivity contribution in [3.8, 4) is 0 Å². The molecule has 0 amide bonds. The molecule has 0 fully saturated rings. The van der Waals surface area contributed by atoms with E-state index in [1.165, 1.54) is 0 Å². The van der Waals surface area contributed by atoms with E-state index in [-0.39, 0.29) is 11.5 Å². The van der Waals surface area contributed by atoms with Gasteiger partial charge in [0.05, 0.1) is 27.4 Å². The second-order valence-corrected chi connectivity index (χ2v) is 7.09. The summed E-state index contributed by atoms with van der Waals surface area (Å²) in [6, 6.07) is 0. The molecule has 0 radical (unpaired) electrons. The Hall–Kier alpha value is -0.400. The number of nitrogens with two attached hydrogens (primary N) is 1. The fourth-order valence-corrected chi connectivity index (χ4v) is 4.09. The fraction of sp³-hybridized carbons (Fsp3) is 0.727. The lowest BCUT2D eigenvalue weighted by Gasteiger charge is -2.06. The van der Waals surface area contributed by atoms with Crippen LogP contribution in [-0.4, -0.2) is 30.5 Å². The molecule has 0 aliphatic carbocycles. The van der Waals surface area contributed by atoms with Crippen molar-refractivity contribution in [1.82, 2.24) is 9.78 Å². The number of rotatable bonds is 7. The van der Waals surface area contributed by atoms with Crippen LogP contribution in [0, 0.1) is 0 Å². The molecule has 1 heterocycles. The number of hydrogen-bond acceptors (Lipinski definition) is 4. The van der Waals surface area contributed by atoms with E-state index in [0.29, 0.717) is 19.5 Å². The van der Waals surface area contributed by atoms with E-state index in [1.54, 1.807) is 4.68 Å². The van der Waals surface area contributed by atoms with E-state index in [2.05, 4.69) is 21.0 Å². The Balaban J connectivity index is 2.99. The predicted molar refractivity (Wildman–Crippen MR) is 76.1 cm³/mol. The van der Waals surface area contributed by atoms with Gasteiger partial charge in [-0.05, 0) is 42.2 Å². The predicted octanol–water partition coefficient (Wildman–Crippen LogP) is 1.49. The molecule has 104 valence electrons. The Kier molecular flexibility index (Phi) is 5.81. The SMILES string of the molecule is CCc1nn(CC)c(CS(=O)(=O)CCCN)c1Br. The average Bonchev–Trinajstić information content (AvgIpc) is 2.63. The topological polar surface area (TPSA) is 78.0 Å². The first-order valence-electron chi connectivity index (χ1n) is 6.09. The number of hydrogen-bond donors (Lipinski definition) is 1. The van der Waals surface area contributed by atoms with E-state index >= 15 is 0 Å². The standard InChI is InChI=1S/C11H20BrN3O2S/c1-3-9-11(12)10(15(4-2)14-9)8-18(16,17)7-5-6-13/h3-8,13H2,1-2H3. The summed E-state index contributed by atoms with van der Waals surface area (Å²) >= 11 is 3.45. The van der Waals surface area contributed by atoms with Crippen LogP contribution in [0.2, 0.25) is 0 Å². The second kappa shape index (κ2) is 6.68. The Labute approximate surface area is 117 Å². The molecular weight excluding hydrogens is 318 g/mol. The molecule has 0 saturated heterocycles. The average molecular weight is 338 g/mol. The normalized spacial score (nSPS) is 12.0. The van der Waals surface area contributed by atoms with E-state index < -0.39 is 9.84 Å². The van der Waals surface area contributed by atoms with Crippen molar-refractivity contribution < 1.29 is 8.42 Å². The summed E-state index contributed by atoms with van der Waals surface area (Å²) < 4.78 is 26.5. The van der Waals surface area contributed by atoms with Crippen molar-refractivity contribution in [1.29, 1.82) is 0 Å². The van der Waals surface area contributed by atoms with E-state index in [0.717, 1.165) is 22.3 Å². The quantitative estimate of drug-likeness (QED) is 0.817. The molecule has 0 unspecified atom stereocenters. The van der Waals surface area contributed by atoms with Crippen molar-refractivity contribution in [3.05, 3.63) is 15.9 Å². The molecule has 0 aliphatic heterocycles. The highest BCUT2D eigenvalue weighted by Crippen LogP contribution is 2.24. The van der Waals surface area contributed by atoms with Gasteiger partial charge in [-0.2, -0.15) is 5.10 Å². The highest BCUT2D eigenvalue weighted by molar-refractivity contribution is 9.10. The van der Waals surface area contributed by atoms with Crippen LogP contribution < -0.4 is 5.73 Å². The van der Waals surface area contributed by atoms with Gasteiger partial charge in [-0.1, -0.05) is 6.92 Å². The summed E-state index contributed by atoms with van der Waals surface area (Å²) in [5.74, 6) is 0.153. The third-order valence-electron chi connectivity index (χ3n) is 2.71. The van der Waals surface area contributed by atoms with Gasteiger partial charge in [-0.3, -0.25) is 4.68 Å². The highest BCUT2D eigenvalue weighted by atomic mass is 79.9. The largest absolute Gasteiger partial charge is 0.330 e. The molecule has 0 bridgehead atoms. The summed E-state index contributed by atoms with van der Waals surface area (Å²) in [5.41, 5.74) is 7.00.